The minimum Gasteiger partial charge on any atom is -0.494 e. The molecule has 1 N–H and O–H groups in total. The number of ether oxygens (including phenoxy) is 1. The van der Waals surface area contributed by atoms with E-state index >= 15 is 0 Å². The molecular formula is C18H16ClNO2S. The van der Waals surface area contributed by atoms with E-state index in [1.807, 2.05) is 48.5 Å². The topological polar surface area (TPSA) is 38.3 Å². The molecule has 1 heterocycles. The second-order valence-corrected chi connectivity index (χ2v) is 6.50. The standard InChI is InChI=1S/C18H16ClNO2S/c1-2-10-22-13-7-5-6-12(11-13)20-18(21)17-16(19)14-8-3-4-9-15(14)23-17/h3-9,11H,2,10H2,1H3,(H,20,21). The number of hydrogen-bond acceptors (Lipinski definition) is 3. The van der Waals surface area contributed by atoms with Crippen molar-refractivity contribution in [1.82, 2.24) is 0 Å². The van der Waals surface area contributed by atoms with Crippen LogP contribution in [-0.4, -0.2) is 12.5 Å². The maximum Gasteiger partial charge on any atom is 0.267 e. The number of halogens is 1. The van der Waals surface area contributed by atoms with Crippen LogP contribution in [-0.2, 0) is 0 Å². The Morgan fingerprint density at radius 3 is 2.83 bits per heavy atom. The second kappa shape index (κ2) is 7.02. The largest absolute Gasteiger partial charge is 0.494 e. The summed E-state index contributed by atoms with van der Waals surface area (Å²) in [5, 5.41) is 4.29. The summed E-state index contributed by atoms with van der Waals surface area (Å²) in [6, 6.07) is 15.1. The molecule has 0 aliphatic rings. The average Bonchev–Trinajstić information content (AvgIpc) is 2.91. The second-order valence-electron chi connectivity index (χ2n) is 5.07. The van der Waals surface area contributed by atoms with Gasteiger partial charge in [0, 0.05) is 21.8 Å². The smallest absolute Gasteiger partial charge is 0.267 e. The minimum atomic E-state index is -0.205. The highest BCUT2D eigenvalue weighted by Crippen LogP contribution is 2.35. The Morgan fingerprint density at radius 2 is 2.04 bits per heavy atom. The minimum absolute atomic E-state index is 0.205. The van der Waals surface area contributed by atoms with E-state index in [9.17, 15) is 4.79 Å². The molecule has 3 nitrogen and oxygen atoms in total. The summed E-state index contributed by atoms with van der Waals surface area (Å²) in [7, 11) is 0. The Morgan fingerprint density at radius 1 is 1.22 bits per heavy atom. The molecule has 0 unspecified atom stereocenters. The summed E-state index contributed by atoms with van der Waals surface area (Å²) in [6.45, 7) is 2.70. The van der Waals surface area contributed by atoms with Crippen molar-refractivity contribution in [1.29, 1.82) is 0 Å². The normalized spacial score (nSPS) is 10.7. The molecule has 1 aromatic heterocycles. The lowest BCUT2D eigenvalue weighted by atomic mass is 10.2. The molecular weight excluding hydrogens is 330 g/mol. The van der Waals surface area contributed by atoms with Crippen molar-refractivity contribution >= 4 is 44.6 Å². The SMILES string of the molecule is CCCOc1cccc(NC(=O)c2sc3ccccc3c2Cl)c1. The van der Waals surface area contributed by atoms with E-state index in [1.165, 1.54) is 11.3 Å². The van der Waals surface area contributed by atoms with Gasteiger partial charge in [0.1, 0.15) is 10.6 Å². The Labute approximate surface area is 143 Å². The molecule has 3 aromatic rings. The fourth-order valence-corrected chi connectivity index (χ4v) is 3.64. The lowest BCUT2D eigenvalue weighted by Crippen LogP contribution is -2.10. The molecule has 0 saturated heterocycles. The molecule has 0 aliphatic heterocycles. The van der Waals surface area contributed by atoms with Gasteiger partial charge in [0.25, 0.3) is 5.91 Å². The van der Waals surface area contributed by atoms with Crippen molar-refractivity contribution in [2.45, 2.75) is 13.3 Å². The van der Waals surface area contributed by atoms with E-state index in [4.69, 9.17) is 16.3 Å². The molecule has 0 fully saturated rings. The van der Waals surface area contributed by atoms with Gasteiger partial charge in [0.15, 0.2) is 0 Å². The lowest BCUT2D eigenvalue weighted by molar-refractivity contribution is 0.103. The van der Waals surface area contributed by atoms with Crippen molar-refractivity contribution < 1.29 is 9.53 Å². The van der Waals surface area contributed by atoms with Crippen LogP contribution in [0.15, 0.2) is 48.5 Å². The molecule has 0 spiro atoms. The number of thiophene rings is 1. The predicted molar refractivity (Wildman–Crippen MR) is 97.0 cm³/mol. The third-order valence-corrected chi connectivity index (χ3v) is 4.98. The number of amides is 1. The molecule has 0 saturated carbocycles. The Hall–Kier alpha value is -2.04. The first-order chi connectivity index (χ1) is 11.2. The number of fused-ring (bicyclic) bond motifs is 1. The Balaban J connectivity index is 1.82. The molecule has 0 aliphatic carbocycles. The Kier molecular flexibility index (Phi) is 4.84. The van der Waals surface area contributed by atoms with Gasteiger partial charge in [0.2, 0.25) is 0 Å². The van der Waals surface area contributed by atoms with Crippen LogP contribution in [0.3, 0.4) is 0 Å². The molecule has 3 rings (SSSR count). The predicted octanol–water partition coefficient (Wildman–Crippen LogP) is 5.60. The molecule has 0 atom stereocenters. The van der Waals surface area contributed by atoms with Gasteiger partial charge < -0.3 is 10.1 Å². The monoisotopic (exact) mass is 345 g/mol. The zero-order valence-corrected chi connectivity index (χ0v) is 14.2. The van der Waals surface area contributed by atoms with Crippen molar-refractivity contribution in [2.75, 3.05) is 11.9 Å². The van der Waals surface area contributed by atoms with E-state index in [0.29, 0.717) is 22.2 Å². The van der Waals surface area contributed by atoms with Crippen LogP contribution in [0.2, 0.25) is 5.02 Å². The van der Waals surface area contributed by atoms with Crippen LogP contribution in [0.4, 0.5) is 5.69 Å². The quantitative estimate of drug-likeness (QED) is 0.654. The summed E-state index contributed by atoms with van der Waals surface area (Å²) in [5.41, 5.74) is 0.692. The van der Waals surface area contributed by atoms with Crippen molar-refractivity contribution in [3.63, 3.8) is 0 Å². The molecule has 0 bridgehead atoms. The van der Waals surface area contributed by atoms with Gasteiger partial charge in [-0.1, -0.05) is 42.8 Å². The van der Waals surface area contributed by atoms with E-state index in [-0.39, 0.29) is 5.91 Å². The summed E-state index contributed by atoms with van der Waals surface area (Å²) in [5.74, 6) is 0.538. The number of carbonyl (C=O) groups excluding carboxylic acids is 1. The van der Waals surface area contributed by atoms with Crippen LogP contribution in [0.25, 0.3) is 10.1 Å². The first-order valence-electron chi connectivity index (χ1n) is 7.40. The molecule has 118 valence electrons. The lowest BCUT2D eigenvalue weighted by Gasteiger charge is -2.08. The zero-order chi connectivity index (χ0) is 16.2. The van der Waals surface area contributed by atoms with Gasteiger partial charge in [-0.15, -0.1) is 11.3 Å². The maximum atomic E-state index is 12.5. The highest BCUT2D eigenvalue weighted by Gasteiger charge is 2.17. The molecule has 0 radical (unpaired) electrons. The fraction of sp³-hybridized carbons (Fsp3) is 0.167. The van der Waals surface area contributed by atoms with Crippen LogP contribution in [0, 0.1) is 0 Å². The first kappa shape index (κ1) is 15.8. The fourth-order valence-electron chi connectivity index (χ4n) is 2.23. The summed E-state index contributed by atoms with van der Waals surface area (Å²) in [6.07, 6.45) is 0.938. The Bertz CT molecular complexity index is 844. The number of carbonyl (C=O) groups is 1. The van der Waals surface area contributed by atoms with Crippen molar-refractivity contribution in [3.05, 3.63) is 58.4 Å². The van der Waals surface area contributed by atoms with Crippen LogP contribution in [0.5, 0.6) is 5.75 Å². The van der Waals surface area contributed by atoms with Gasteiger partial charge in [-0.05, 0) is 24.6 Å². The van der Waals surface area contributed by atoms with Crippen LogP contribution >= 0.6 is 22.9 Å². The number of rotatable bonds is 5. The van der Waals surface area contributed by atoms with Crippen LogP contribution in [0.1, 0.15) is 23.0 Å². The summed E-state index contributed by atoms with van der Waals surface area (Å²) in [4.78, 5) is 13.0. The average molecular weight is 346 g/mol. The molecule has 1 amide bonds. The van der Waals surface area contributed by atoms with Crippen molar-refractivity contribution in [3.8, 4) is 5.75 Å². The third kappa shape index (κ3) is 3.49. The maximum absolute atomic E-state index is 12.5. The number of anilines is 1. The summed E-state index contributed by atoms with van der Waals surface area (Å²) >= 11 is 7.74. The zero-order valence-electron chi connectivity index (χ0n) is 12.6. The van der Waals surface area contributed by atoms with E-state index in [0.717, 1.165) is 22.3 Å². The van der Waals surface area contributed by atoms with E-state index < -0.39 is 0 Å². The molecule has 5 heteroatoms. The summed E-state index contributed by atoms with van der Waals surface area (Å²) < 4.78 is 6.58. The van der Waals surface area contributed by atoms with Gasteiger partial charge in [-0.2, -0.15) is 0 Å². The van der Waals surface area contributed by atoms with Gasteiger partial charge in [-0.3, -0.25) is 4.79 Å². The number of nitrogens with one attached hydrogen (secondary N) is 1. The van der Waals surface area contributed by atoms with Gasteiger partial charge in [-0.25, -0.2) is 0 Å². The molecule has 23 heavy (non-hydrogen) atoms. The van der Waals surface area contributed by atoms with Gasteiger partial charge >= 0.3 is 0 Å². The third-order valence-electron chi connectivity index (χ3n) is 3.31. The highest BCUT2D eigenvalue weighted by atomic mass is 35.5. The van der Waals surface area contributed by atoms with Crippen molar-refractivity contribution in [2.24, 2.45) is 0 Å². The van der Waals surface area contributed by atoms with Crippen LogP contribution < -0.4 is 10.1 Å². The number of benzene rings is 2. The van der Waals surface area contributed by atoms with Gasteiger partial charge in [0.05, 0.1) is 11.6 Å². The van der Waals surface area contributed by atoms with E-state index in [1.54, 1.807) is 0 Å². The first-order valence-corrected chi connectivity index (χ1v) is 8.59. The highest BCUT2D eigenvalue weighted by molar-refractivity contribution is 7.21. The molecule has 2 aromatic carbocycles. The van der Waals surface area contributed by atoms with E-state index in [2.05, 4.69) is 12.2 Å². The number of hydrogen-bond donors (Lipinski definition) is 1.